The molecule has 35 nitrogen and oxygen atoms in total. The number of imidazole rings is 4. The third kappa shape index (κ3) is 20.7. The number of aromatic amines is 8. The van der Waals surface area contributed by atoms with Crippen LogP contribution in [0.4, 0.5) is 16.2 Å². The minimum atomic E-state index is -0.216. The highest BCUT2D eigenvalue weighted by molar-refractivity contribution is 6.05. The van der Waals surface area contributed by atoms with Crippen LogP contribution < -0.4 is 16.0 Å². The molecule has 0 radical (unpaired) electrons. The van der Waals surface area contributed by atoms with Crippen LogP contribution >= 0.6 is 0 Å². The first-order valence-corrected chi connectivity index (χ1v) is 46.6. The number of ketones is 1. The third-order valence-electron chi connectivity index (χ3n) is 25.4. The minimum Gasteiger partial charge on any atom is -0.352 e. The number of aromatic nitrogens is 27. The lowest BCUT2D eigenvalue weighted by Crippen LogP contribution is -2.30. The molecule has 25 rings (SSSR count). The zero-order valence-electron chi connectivity index (χ0n) is 77.0. The molecular formula is C111H105N31O4. The fourth-order valence-electron chi connectivity index (χ4n) is 17.7. The molecule has 19 aromatic heterocycles. The molecule has 728 valence electrons. The molecule has 0 bridgehead atoms. The summed E-state index contributed by atoms with van der Waals surface area (Å²) in [6.45, 7) is 2.55. The average molecular weight is 1940 g/mol. The second-order valence-electron chi connectivity index (χ2n) is 35.2. The first kappa shape index (κ1) is 97.4. The van der Waals surface area contributed by atoms with Crippen molar-refractivity contribution < 1.29 is 19.2 Å². The van der Waals surface area contributed by atoms with Gasteiger partial charge in [-0.15, -0.1) is 0 Å². The van der Waals surface area contributed by atoms with Crippen LogP contribution in [0.3, 0.4) is 0 Å². The SMILES string of the molecule is C.C.C.C.CCC(=O)Nc1cncc(-c2ccc3[nH]nc(-c4nc5c(-c6cccnc6)cncc5[nH]4)c3c2)c1.CN(C)C(=O)Nc1cncc(-c2ccc3[nH]nc(-c4nc5c(-c6cccnc6)cncc5[nH]4)c3c2)c1.O=C(CCC1CC1)c1cncc(-c2ccc3[nH]nc(-c4nc5c(-c6cccnc6)cncc5[nH]4)c3c2)c1.O=C(NCC1CCCCC1)c1cncc(-c2ccc3[nH]nc(-c4nc5ccncc5[nH]4)c3c2)c1. The lowest BCUT2D eigenvalue weighted by Gasteiger charge is -2.21. The zero-order chi connectivity index (χ0) is 96.1. The molecule has 0 saturated heterocycles. The number of carbonyl (C=O) groups is 4. The number of hydrogen-bond acceptors (Lipinski definition) is 23. The summed E-state index contributed by atoms with van der Waals surface area (Å²) in [5.74, 6) is 3.97. The van der Waals surface area contributed by atoms with E-state index in [1.165, 1.54) is 49.8 Å². The maximum atomic E-state index is 12.8. The third-order valence-corrected chi connectivity index (χ3v) is 25.4. The van der Waals surface area contributed by atoms with Crippen LogP contribution in [0.15, 0.2) is 276 Å². The van der Waals surface area contributed by atoms with E-state index in [2.05, 4.69) is 149 Å². The number of benzene rings is 4. The summed E-state index contributed by atoms with van der Waals surface area (Å²) in [7, 11) is 3.38. The van der Waals surface area contributed by atoms with Gasteiger partial charge in [-0.25, -0.2) is 24.7 Å². The summed E-state index contributed by atoms with van der Waals surface area (Å²) in [4.78, 5) is 131. The van der Waals surface area contributed by atoms with Crippen molar-refractivity contribution >= 4 is 123 Å². The molecule has 0 atom stereocenters. The summed E-state index contributed by atoms with van der Waals surface area (Å²) >= 11 is 0. The number of H-pyrrole nitrogens is 8. The van der Waals surface area contributed by atoms with Crippen LogP contribution in [0, 0.1) is 11.8 Å². The quantitative estimate of drug-likeness (QED) is 0.0298. The van der Waals surface area contributed by atoms with Gasteiger partial charge in [-0.1, -0.05) is 111 Å². The van der Waals surface area contributed by atoms with Gasteiger partial charge in [0.25, 0.3) is 5.91 Å². The molecule has 2 aliphatic rings. The summed E-state index contributed by atoms with van der Waals surface area (Å²) in [5, 5.41) is 43.0. The monoisotopic (exact) mass is 1940 g/mol. The molecule has 146 heavy (non-hydrogen) atoms. The van der Waals surface area contributed by atoms with Gasteiger partial charge in [0.15, 0.2) is 29.1 Å². The Morgan fingerprint density at radius 2 is 0.719 bits per heavy atom. The highest BCUT2D eigenvalue weighted by Gasteiger charge is 2.26. The first-order valence-electron chi connectivity index (χ1n) is 46.6. The lowest BCUT2D eigenvalue weighted by atomic mass is 9.89. The van der Waals surface area contributed by atoms with Gasteiger partial charge in [-0.3, -0.25) is 89.6 Å². The Hall–Kier alpha value is -18.8. The number of nitrogens with zero attached hydrogens (tertiary/aromatic N) is 20. The van der Waals surface area contributed by atoms with Crippen LogP contribution in [0.5, 0.6) is 0 Å². The van der Waals surface area contributed by atoms with Crippen LogP contribution in [0.25, 0.3) is 212 Å². The highest BCUT2D eigenvalue weighted by atomic mass is 16.2. The van der Waals surface area contributed by atoms with Gasteiger partial charge in [0, 0.05) is 215 Å². The fourth-order valence-corrected chi connectivity index (χ4v) is 17.7. The number of carbonyl (C=O) groups excluding carboxylic acids is 4. The van der Waals surface area contributed by atoms with Gasteiger partial charge in [-0.05, 0) is 150 Å². The van der Waals surface area contributed by atoms with E-state index in [0.717, 1.165) is 196 Å². The van der Waals surface area contributed by atoms with Gasteiger partial charge in [0.05, 0.1) is 104 Å². The summed E-state index contributed by atoms with van der Waals surface area (Å²) < 4.78 is 0. The van der Waals surface area contributed by atoms with E-state index in [4.69, 9.17) is 15.0 Å². The van der Waals surface area contributed by atoms with E-state index in [0.29, 0.717) is 75.9 Å². The number of nitrogens with one attached hydrogen (secondary N) is 11. The van der Waals surface area contributed by atoms with Gasteiger partial charge in [-0.2, -0.15) is 20.4 Å². The van der Waals surface area contributed by atoms with Crippen molar-refractivity contribution in [1.82, 2.24) is 146 Å². The van der Waals surface area contributed by atoms with E-state index in [1.54, 1.807) is 150 Å². The largest absolute Gasteiger partial charge is 0.352 e. The second-order valence-corrected chi connectivity index (χ2v) is 35.2. The number of amides is 4. The Morgan fingerprint density at radius 3 is 1.13 bits per heavy atom. The maximum Gasteiger partial charge on any atom is 0.321 e. The Kier molecular flexibility index (Phi) is 28.7. The molecule has 2 aliphatic carbocycles. The molecule has 0 spiro atoms. The van der Waals surface area contributed by atoms with Crippen molar-refractivity contribution in [1.29, 1.82) is 0 Å². The molecule has 35 heteroatoms. The maximum absolute atomic E-state index is 12.8. The van der Waals surface area contributed by atoms with E-state index in [-0.39, 0.29) is 53.3 Å². The number of hydrogen-bond donors (Lipinski definition) is 11. The number of urea groups is 1. The van der Waals surface area contributed by atoms with Crippen molar-refractivity contribution in [3.05, 3.63) is 287 Å². The van der Waals surface area contributed by atoms with E-state index in [9.17, 15) is 19.2 Å². The molecule has 0 aliphatic heterocycles. The molecule has 23 aromatic rings. The normalized spacial score (nSPS) is 12.2. The summed E-state index contributed by atoms with van der Waals surface area (Å²) in [6, 6.07) is 45.1. The molecule has 19 heterocycles. The second kappa shape index (κ2) is 43.1. The van der Waals surface area contributed by atoms with Crippen LogP contribution in [-0.2, 0) is 4.79 Å². The Balaban J connectivity index is 0.000000127. The zero-order valence-corrected chi connectivity index (χ0v) is 77.0. The van der Waals surface area contributed by atoms with E-state index in [1.807, 2.05) is 134 Å². The Labute approximate surface area is 837 Å². The number of anilines is 2. The average Bonchev–Trinajstić information content (AvgIpc) is 1.62. The minimum absolute atomic E-state index is 0. The summed E-state index contributed by atoms with van der Waals surface area (Å²) in [6.07, 6.45) is 49.2. The number of pyridine rings is 11. The van der Waals surface area contributed by atoms with E-state index < -0.39 is 0 Å². The molecule has 4 aromatic carbocycles. The van der Waals surface area contributed by atoms with Crippen LogP contribution in [0.1, 0.15) is 122 Å². The van der Waals surface area contributed by atoms with Crippen molar-refractivity contribution in [3.63, 3.8) is 0 Å². The molecule has 2 saturated carbocycles. The van der Waals surface area contributed by atoms with Crippen LogP contribution in [0.2, 0.25) is 0 Å². The van der Waals surface area contributed by atoms with Gasteiger partial charge < -0.3 is 40.8 Å². The topological polar surface area (TPSA) is 479 Å². The molecule has 11 N–H and O–H groups in total. The molecular weight excluding hydrogens is 1830 g/mol. The molecule has 0 unspecified atom stereocenters. The van der Waals surface area contributed by atoms with Gasteiger partial charge in [0.1, 0.15) is 39.3 Å². The van der Waals surface area contributed by atoms with E-state index >= 15 is 0 Å². The number of fused-ring (bicyclic) bond motifs is 8. The molecule has 2 fully saturated rings. The Morgan fingerprint density at radius 1 is 0.342 bits per heavy atom. The number of rotatable bonds is 21. The Bertz CT molecular complexity index is 8620. The van der Waals surface area contributed by atoms with Crippen molar-refractivity contribution in [2.45, 2.75) is 101 Å². The van der Waals surface area contributed by atoms with Crippen molar-refractivity contribution in [2.75, 3.05) is 31.3 Å². The predicted molar refractivity (Wildman–Crippen MR) is 572 cm³/mol. The molecule has 4 amide bonds. The van der Waals surface area contributed by atoms with Crippen molar-refractivity contribution in [2.24, 2.45) is 11.8 Å². The van der Waals surface area contributed by atoms with Crippen LogP contribution in [-0.4, -0.2) is 185 Å². The smallest absolute Gasteiger partial charge is 0.321 e. The first-order chi connectivity index (χ1) is 69.7. The summed E-state index contributed by atoms with van der Waals surface area (Å²) in [5.41, 5.74) is 28.4. The number of Topliss-reactive ketones (excluding diaryl/α,β-unsaturated/α-hetero) is 1. The highest BCUT2D eigenvalue weighted by Crippen LogP contribution is 2.41. The fraction of sp³-hybridized carbons (Fsp3) is 0.180. The lowest BCUT2D eigenvalue weighted by molar-refractivity contribution is -0.115. The van der Waals surface area contributed by atoms with Crippen molar-refractivity contribution in [3.8, 4) is 124 Å². The standard InChI is InChI=1S/C29H23N7O.C26H21N9O.C26H20N8O.C26H25N7O.4CH4/c37-26(8-5-17-3-4-17)21-10-20(13-31-14-21)18-6-7-24-22(11-18)28(36-35-24)29-33-25-16-32-15-23(27(25)34-29)19-2-1-9-30-12-19;1-35(2)26(36)30-18-8-17(11-28-12-18)15-5-6-21-19(9-15)24(34-33-21)25-31-22-14-29-13-20(23(22)32-25)16-4-3-7-27-10-16;1-2-23(35)30-18-8-17(11-28-12-18)15-5-6-21-19(9-15)25(34-33-21)26-31-22-14-29-13-20(24(22)32-26)16-4-3-7-27-10-16;34-26(29-12-16-4-2-1-3-5-16)19-10-18(13-28-14-19)17-6-7-21-20(11-17)24(33-32-21)25-30-22-8-9-27-15-23(22)31-25;;;;/h1-2,6-7,9-17H,3-5,8H2,(H,33,34)(H,35,36);3-14H,1-2H3,(H,30,36)(H,31,32)(H,33,34);3-14H,2H2,1H3,(H,30,35)(H,31,32)(H,33,34);6-11,13-16H,1-5,12H2,(H,29,34)(H,30,31)(H,32,33);4*1H4. The van der Waals surface area contributed by atoms with Gasteiger partial charge in [0.2, 0.25) is 5.91 Å². The predicted octanol–water partition coefficient (Wildman–Crippen LogP) is 23.1. The van der Waals surface area contributed by atoms with Gasteiger partial charge >= 0.3 is 6.03 Å².